The van der Waals surface area contributed by atoms with Crippen LogP contribution in [0.5, 0.6) is 0 Å². The number of nitrogens with zero attached hydrogens (tertiary/aromatic N) is 3. The SMILES string of the molecule is CC(C)CNc1cccc2c1ncn2-c1ccc(C#N)cc1. The molecule has 4 heteroatoms. The zero-order valence-electron chi connectivity index (χ0n) is 12.7. The summed E-state index contributed by atoms with van der Waals surface area (Å²) >= 11 is 0. The predicted molar refractivity (Wildman–Crippen MR) is 89.1 cm³/mol. The maximum Gasteiger partial charge on any atom is 0.112 e. The molecule has 0 radical (unpaired) electrons. The van der Waals surface area contributed by atoms with Crippen molar-refractivity contribution in [1.29, 1.82) is 5.26 Å². The molecule has 1 aromatic heterocycles. The Hall–Kier alpha value is -2.80. The van der Waals surface area contributed by atoms with E-state index in [1.807, 2.05) is 41.2 Å². The van der Waals surface area contributed by atoms with Crippen LogP contribution in [0.15, 0.2) is 48.8 Å². The van der Waals surface area contributed by atoms with E-state index in [0.29, 0.717) is 11.5 Å². The summed E-state index contributed by atoms with van der Waals surface area (Å²) in [6.45, 7) is 5.29. The molecule has 0 fully saturated rings. The van der Waals surface area contributed by atoms with Gasteiger partial charge < -0.3 is 5.32 Å². The molecule has 3 aromatic rings. The van der Waals surface area contributed by atoms with Crippen molar-refractivity contribution in [3.05, 3.63) is 54.4 Å². The van der Waals surface area contributed by atoms with E-state index in [2.05, 4.69) is 42.4 Å². The van der Waals surface area contributed by atoms with E-state index in [9.17, 15) is 0 Å². The third-order valence-electron chi connectivity index (χ3n) is 3.55. The standard InChI is InChI=1S/C18H18N4/c1-13(2)11-20-16-4-3-5-17-18(16)21-12-22(17)15-8-6-14(10-19)7-9-15/h3-9,12-13,20H,11H2,1-2H3. The summed E-state index contributed by atoms with van der Waals surface area (Å²) in [4.78, 5) is 4.55. The van der Waals surface area contributed by atoms with Crippen molar-refractivity contribution in [2.45, 2.75) is 13.8 Å². The molecule has 0 unspecified atom stereocenters. The van der Waals surface area contributed by atoms with Crippen LogP contribution in [0.1, 0.15) is 19.4 Å². The molecule has 22 heavy (non-hydrogen) atoms. The first-order valence-electron chi connectivity index (χ1n) is 7.39. The number of benzene rings is 2. The molecule has 4 nitrogen and oxygen atoms in total. The van der Waals surface area contributed by atoms with Crippen molar-refractivity contribution in [1.82, 2.24) is 9.55 Å². The van der Waals surface area contributed by atoms with Crippen molar-refractivity contribution >= 4 is 16.7 Å². The number of anilines is 1. The number of rotatable bonds is 4. The molecule has 0 amide bonds. The van der Waals surface area contributed by atoms with Crippen LogP contribution in [0.25, 0.3) is 16.7 Å². The Bertz CT molecular complexity index is 822. The van der Waals surface area contributed by atoms with Gasteiger partial charge in [-0.05, 0) is 42.3 Å². The fourth-order valence-electron chi connectivity index (χ4n) is 2.40. The average Bonchev–Trinajstić information content (AvgIpc) is 2.97. The number of nitrogens with one attached hydrogen (secondary N) is 1. The number of imidazole rings is 1. The molecule has 0 aliphatic heterocycles. The van der Waals surface area contributed by atoms with Gasteiger partial charge in [0.05, 0.1) is 22.8 Å². The fraction of sp³-hybridized carbons (Fsp3) is 0.222. The first-order valence-corrected chi connectivity index (χ1v) is 7.39. The molecule has 110 valence electrons. The highest BCUT2D eigenvalue weighted by Gasteiger charge is 2.08. The minimum Gasteiger partial charge on any atom is -0.383 e. The normalized spacial score (nSPS) is 10.8. The fourth-order valence-corrected chi connectivity index (χ4v) is 2.40. The second kappa shape index (κ2) is 5.90. The smallest absolute Gasteiger partial charge is 0.112 e. The Balaban J connectivity index is 2.01. The minimum absolute atomic E-state index is 0.580. The zero-order chi connectivity index (χ0) is 15.5. The van der Waals surface area contributed by atoms with Crippen LogP contribution in [-0.2, 0) is 0 Å². The van der Waals surface area contributed by atoms with Crippen molar-refractivity contribution in [2.24, 2.45) is 5.92 Å². The minimum atomic E-state index is 0.580. The van der Waals surface area contributed by atoms with E-state index < -0.39 is 0 Å². The van der Waals surface area contributed by atoms with Crippen molar-refractivity contribution < 1.29 is 0 Å². The van der Waals surface area contributed by atoms with Crippen molar-refractivity contribution in [3.63, 3.8) is 0 Å². The van der Waals surface area contributed by atoms with Crippen LogP contribution in [0.3, 0.4) is 0 Å². The maximum atomic E-state index is 8.89. The lowest BCUT2D eigenvalue weighted by molar-refractivity contribution is 0.689. The Morgan fingerprint density at radius 1 is 1.18 bits per heavy atom. The third kappa shape index (κ3) is 2.66. The monoisotopic (exact) mass is 290 g/mol. The van der Waals surface area contributed by atoms with Crippen LogP contribution in [0, 0.1) is 17.2 Å². The number of nitriles is 1. The van der Waals surface area contributed by atoms with E-state index in [-0.39, 0.29) is 0 Å². The summed E-state index contributed by atoms with van der Waals surface area (Å²) < 4.78 is 2.04. The molecule has 0 saturated carbocycles. The van der Waals surface area contributed by atoms with Crippen molar-refractivity contribution in [2.75, 3.05) is 11.9 Å². The molecule has 1 heterocycles. The van der Waals surface area contributed by atoms with Gasteiger partial charge in [0, 0.05) is 12.2 Å². The van der Waals surface area contributed by atoms with E-state index in [1.165, 1.54) is 0 Å². The topological polar surface area (TPSA) is 53.6 Å². The highest BCUT2D eigenvalue weighted by molar-refractivity contribution is 5.89. The molecular weight excluding hydrogens is 272 g/mol. The van der Waals surface area contributed by atoms with Gasteiger partial charge in [-0.1, -0.05) is 19.9 Å². The van der Waals surface area contributed by atoms with Gasteiger partial charge in [0.2, 0.25) is 0 Å². The lowest BCUT2D eigenvalue weighted by atomic mass is 10.2. The second-order valence-electron chi connectivity index (χ2n) is 5.72. The van der Waals surface area contributed by atoms with Gasteiger partial charge in [0.25, 0.3) is 0 Å². The Kier molecular flexibility index (Phi) is 3.80. The number of hydrogen-bond acceptors (Lipinski definition) is 3. The first-order chi connectivity index (χ1) is 10.7. The van der Waals surface area contributed by atoms with Gasteiger partial charge in [-0.3, -0.25) is 4.57 Å². The summed E-state index contributed by atoms with van der Waals surface area (Å²) in [5.74, 6) is 0.580. The molecule has 3 rings (SSSR count). The van der Waals surface area contributed by atoms with Gasteiger partial charge in [-0.25, -0.2) is 4.98 Å². The average molecular weight is 290 g/mol. The lowest BCUT2D eigenvalue weighted by Crippen LogP contribution is -2.08. The summed E-state index contributed by atoms with van der Waals surface area (Å²) in [6.07, 6.45) is 1.83. The van der Waals surface area contributed by atoms with Gasteiger partial charge in [0.15, 0.2) is 0 Å². The van der Waals surface area contributed by atoms with Crippen LogP contribution in [0.4, 0.5) is 5.69 Å². The lowest BCUT2D eigenvalue weighted by Gasteiger charge is -2.10. The molecule has 1 N–H and O–H groups in total. The van der Waals surface area contributed by atoms with Crippen molar-refractivity contribution in [3.8, 4) is 11.8 Å². The molecule has 0 bridgehead atoms. The summed E-state index contributed by atoms with van der Waals surface area (Å²) in [5.41, 5.74) is 4.74. The van der Waals surface area contributed by atoms with E-state index in [0.717, 1.165) is 29.0 Å². The quantitative estimate of drug-likeness (QED) is 0.791. The number of fused-ring (bicyclic) bond motifs is 1. The molecule has 0 aliphatic carbocycles. The van der Waals surface area contributed by atoms with E-state index in [4.69, 9.17) is 5.26 Å². The largest absolute Gasteiger partial charge is 0.383 e. The zero-order valence-corrected chi connectivity index (χ0v) is 12.7. The van der Waals surface area contributed by atoms with Gasteiger partial charge in [-0.15, -0.1) is 0 Å². The van der Waals surface area contributed by atoms with Gasteiger partial charge in [0.1, 0.15) is 11.8 Å². The Labute approximate surface area is 130 Å². The third-order valence-corrected chi connectivity index (χ3v) is 3.55. The Morgan fingerprint density at radius 2 is 1.95 bits per heavy atom. The van der Waals surface area contributed by atoms with Crippen LogP contribution < -0.4 is 5.32 Å². The highest BCUT2D eigenvalue weighted by atomic mass is 15.1. The summed E-state index contributed by atoms with van der Waals surface area (Å²) in [7, 11) is 0. The maximum absolute atomic E-state index is 8.89. The molecular formula is C18H18N4. The van der Waals surface area contributed by atoms with E-state index >= 15 is 0 Å². The predicted octanol–water partition coefficient (Wildman–Crippen LogP) is 3.97. The summed E-state index contributed by atoms with van der Waals surface area (Å²) in [6, 6.07) is 15.8. The number of hydrogen-bond donors (Lipinski definition) is 1. The van der Waals surface area contributed by atoms with E-state index in [1.54, 1.807) is 0 Å². The van der Waals surface area contributed by atoms with Crippen LogP contribution >= 0.6 is 0 Å². The number of para-hydroxylation sites is 1. The van der Waals surface area contributed by atoms with Gasteiger partial charge >= 0.3 is 0 Å². The Morgan fingerprint density at radius 3 is 2.64 bits per heavy atom. The molecule has 2 aromatic carbocycles. The molecule has 0 saturated heterocycles. The molecule has 0 spiro atoms. The summed E-state index contributed by atoms with van der Waals surface area (Å²) in [5, 5.41) is 12.3. The van der Waals surface area contributed by atoms with Gasteiger partial charge in [-0.2, -0.15) is 5.26 Å². The van der Waals surface area contributed by atoms with Crippen LogP contribution in [0.2, 0.25) is 0 Å². The molecule has 0 atom stereocenters. The second-order valence-corrected chi connectivity index (χ2v) is 5.72. The molecule has 0 aliphatic rings. The first kappa shape index (κ1) is 14.2. The highest BCUT2D eigenvalue weighted by Crippen LogP contribution is 2.25. The number of aromatic nitrogens is 2. The van der Waals surface area contributed by atoms with Crippen LogP contribution in [-0.4, -0.2) is 16.1 Å².